The third-order valence-electron chi connectivity index (χ3n) is 4.87. The highest BCUT2D eigenvalue weighted by molar-refractivity contribution is 5.97. The van der Waals surface area contributed by atoms with Gasteiger partial charge in [-0.25, -0.2) is 0 Å². The molecule has 5 heteroatoms. The summed E-state index contributed by atoms with van der Waals surface area (Å²) in [6.45, 7) is 1.70. The van der Waals surface area contributed by atoms with Crippen molar-refractivity contribution >= 4 is 11.8 Å². The number of furan rings is 1. The molecule has 1 aliphatic rings. The average Bonchev–Trinajstić information content (AvgIpc) is 3.18. The lowest BCUT2D eigenvalue weighted by atomic mass is 9.82. The van der Waals surface area contributed by atoms with Crippen LogP contribution in [0.25, 0.3) is 0 Å². The molecule has 2 N–H and O–H groups in total. The first-order chi connectivity index (χ1) is 12.1. The molecular formula is C20H24N2O3. The van der Waals surface area contributed by atoms with Gasteiger partial charge in [0, 0.05) is 6.04 Å². The van der Waals surface area contributed by atoms with E-state index in [0.717, 1.165) is 25.7 Å². The molecule has 1 aliphatic carbocycles. The van der Waals surface area contributed by atoms with Crippen molar-refractivity contribution in [2.75, 3.05) is 0 Å². The van der Waals surface area contributed by atoms with Gasteiger partial charge < -0.3 is 15.1 Å². The minimum absolute atomic E-state index is 0.139. The summed E-state index contributed by atoms with van der Waals surface area (Å²) in [6, 6.07) is 11.7. The van der Waals surface area contributed by atoms with Crippen LogP contribution in [0.15, 0.2) is 53.3 Å². The second-order valence-corrected chi connectivity index (χ2v) is 6.67. The molecule has 1 aromatic carbocycles. The topological polar surface area (TPSA) is 71.3 Å². The molecule has 1 heterocycles. The maximum Gasteiger partial charge on any atom is 0.255 e. The van der Waals surface area contributed by atoms with E-state index >= 15 is 0 Å². The summed E-state index contributed by atoms with van der Waals surface area (Å²) < 4.78 is 4.88. The minimum atomic E-state index is -0.575. The Balaban J connectivity index is 1.45. The van der Waals surface area contributed by atoms with Crippen molar-refractivity contribution in [3.05, 3.63) is 60.1 Å². The summed E-state index contributed by atoms with van der Waals surface area (Å²) >= 11 is 0. The lowest BCUT2D eigenvalue weighted by Crippen LogP contribution is -2.48. The van der Waals surface area contributed by atoms with Crippen LogP contribution in [0.4, 0.5) is 0 Å². The van der Waals surface area contributed by atoms with Crippen LogP contribution in [-0.4, -0.2) is 23.9 Å². The molecule has 0 saturated heterocycles. The van der Waals surface area contributed by atoms with Crippen molar-refractivity contribution in [3.8, 4) is 0 Å². The van der Waals surface area contributed by atoms with Gasteiger partial charge in [0.2, 0.25) is 5.91 Å². The number of carbonyl (C=O) groups excluding carboxylic acids is 2. The van der Waals surface area contributed by atoms with Crippen LogP contribution < -0.4 is 10.6 Å². The lowest BCUT2D eigenvalue weighted by molar-refractivity contribution is -0.123. The van der Waals surface area contributed by atoms with E-state index in [1.807, 2.05) is 6.07 Å². The predicted octanol–water partition coefficient (Wildman–Crippen LogP) is 3.24. The smallest absolute Gasteiger partial charge is 0.255 e. The fourth-order valence-corrected chi connectivity index (χ4v) is 3.36. The molecule has 1 atom stereocenters. The molecule has 1 aromatic heterocycles. The van der Waals surface area contributed by atoms with Crippen molar-refractivity contribution in [1.82, 2.24) is 10.6 Å². The molecule has 1 fully saturated rings. The monoisotopic (exact) mass is 340 g/mol. The number of carbonyl (C=O) groups is 2. The molecule has 1 saturated carbocycles. The Labute approximate surface area is 147 Å². The van der Waals surface area contributed by atoms with E-state index in [4.69, 9.17) is 4.42 Å². The van der Waals surface area contributed by atoms with E-state index in [-0.39, 0.29) is 17.9 Å². The van der Waals surface area contributed by atoms with E-state index in [1.54, 1.807) is 13.0 Å². The van der Waals surface area contributed by atoms with Gasteiger partial charge in [-0.15, -0.1) is 0 Å². The number of amides is 2. The second-order valence-electron chi connectivity index (χ2n) is 6.67. The average molecular weight is 340 g/mol. The van der Waals surface area contributed by atoms with E-state index in [0.29, 0.717) is 11.5 Å². The first-order valence-electron chi connectivity index (χ1n) is 8.82. The van der Waals surface area contributed by atoms with Crippen molar-refractivity contribution in [1.29, 1.82) is 0 Å². The Kier molecular flexibility index (Phi) is 5.53. The number of hydrogen-bond donors (Lipinski definition) is 2. The molecule has 0 spiro atoms. The zero-order valence-corrected chi connectivity index (χ0v) is 14.4. The summed E-state index contributed by atoms with van der Waals surface area (Å²) in [4.78, 5) is 24.3. The Bertz CT molecular complexity index is 689. The third kappa shape index (κ3) is 4.50. The maximum atomic E-state index is 12.3. The van der Waals surface area contributed by atoms with E-state index in [2.05, 4.69) is 34.9 Å². The van der Waals surface area contributed by atoms with Crippen LogP contribution in [0.1, 0.15) is 54.4 Å². The van der Waals surface area contributed by atoms with Gasteiger partial charge in [0.15, 0.2) is 0 Å². The molecule has 2 aromatic rings. The van der Waals surface area contributed by atoms with Crippen molar-refractivity contribution < 1.29 is 14.0 Å². The quantitative estimate of drug-likeness (QED) is 0.878. The van der Waals surface area contributed by atoms with Crippen molar-refractivity contribution in [3.63, 3.8) is 0 Å². The van der Waals surface area contributed by atoms with Gasteiger partial charge in [0.05, 0.1) is 11.8 Å². The summed E-state index contributed by atoms with van der Waals surface area (Å²) in [6.07, 6.45) is 6.88. The molecule has 2 amide bonds. The van der Waals surface area contributed by atoms with Gasteiger partial charge in [-0.1, -0.05) is 30.3 Å². The number of rotatable bonds is 5. The van der Waals surface area contributed by atoms with Gasteiger partial charge in [-0.05, 0) is 50.2 Å². The standard InChI is InChI=1S/C20H24N2O3/c1-14(21-20(24)17-11-12-25-13-17)19(23)22-18-9-7-16(8-10-18)15-5-3-2-4-6-15/h2-6,11-14,16,18H,7-10H2,1H3,(H,21,24)(H,22,23)/t14-,16?,18?/m1/s1. The van der Waals surface area contributed by atoms with Crippen LogP contribution in [-0.2, 0) is 4.79 Å². The molecule has 0 aliphatic heterocycles. The minimum Gasteiger partial charge on any atom is -0.472 e. The fourth-order valence-electron chi connectivity index (χ4n) is 3.36. The summed E-state index contributed by atoms with van der Waals surface area (Å²) in [5.74, 6) is 0.136. The fraction of sp³-hybridized carbons (Fsp3) is 0.400. The normalized spacial score (nSPS) is 21.3. The second kappa shape index (κ2) is 8.01. The summed E-state index contributed by atoms with van der Waals surface area (Å²) in [7, 11) is 0. The highest BCUT2D eigenvalue weighted by atomic mass is 16.3. The number of nitrogens with one attached hydrogen (secondary N) is 2. The molecule has 5 nitrogen and oxygen atoms in total. The van der Waals surface area contributed by atoms with Gasteiger partial charge in [-0.2, -0.15) is 0 Å². The highest BCUT2D eigenvalue weighted by Gasteiger charge is 2.25. The Morgan fingerprint density at radius 3 is 2.44 bits per heavy atom. The van der Waals surface area contributed by atoms with Gasteiger partial charge >= 0.3 is 0 Å². The van der Waals surface area contributed by atoms with Crippen molar-refractivity contribution in [2.24, 2.45) is 0 Å². The molecular weight excluding hydrogens is 316 g/mol. The Morgan fingerprint density at radius 1 is 1.08 bits per heavy atom. The Hall–Kier alpha value is -2.56. The third-order valence-corrected chi connectivity index (χ3v) is 4.87. The first kappa shape index (κ1) is 17.3. The first-order valence-corrected chi connectivity index (χ1v) is 8.82. The zero-order valence-electron chi connectivity index (χ0n) is 14.4. The predicted molar refractivity (Wildman–Crippen MR) is 95.2 cm³/mol. The van der Waals surface area contributed by atoms with E-state index in [9.17, 15) is 9.59 Å². The van der Waals surface area contributed by atoms with Crippen LogP contribution in [0.2, 0.25) is 0 Å². The largest absolute Gasteiger partial charge is 0.472 e. The van der Waals surface area contributed by atoms with Crippen LogP contribution in [0, 0.1) is 0 Å². The zero-order chi connectivity index (χ0) is 17.6. The molecule has 0 radical (unpaired) electrons. The van der Waals surface area contributed by atoms with Crippen LogP contribution >= 0.6 is 0 Å². The SMILES string of the molecule is C[C@@H](NC(=O)c1ccoc1)C(=O)NC1CCC(c2ccccc2)CC1. The molecule has 0 unspecified atom stereocenters. The Morgan fingerprint density at radius 2 is 1.80 bits per heavy atom. The van der Waals surface area contributed by atoms with Crippen LogP contribution in [0.5, 0.6) is 0 Å². The number of hydrogen-bond acceptors (Lipinski definition) is 3. The summed E-state index contributed by atoms with van der Waals surface area (Å²) in [5.41, 5.74) is 1.80. The molecule has 132 valence electrons. The molecule has 3 rings (SSSR count). The summed E-state index contributed by atoms with van der Waals surface area (Å²) in [5, 5.41) is 5.76. The van der Waals surface area contributed by atoms with Gasteiger partial charge in [-0.3, -0.25) is 9.59 Å². The van der Waals surface area contributed by atoms with Gasteiger partial charge in [0.1, 0.15) is 12.3 Å². The maximum absolute atomic E-state index is 12.3. The molecule has 25 heavy (non-hydrogen) atoms. The molecule has 0 bridgehead atoms. The highest BCUT2D eigenvalue weighted by Crippen LogP contribution is 2.32. The van der Waals surface area contributed by atoms with E-state index in [1.165, 1.54) is 18.1 Å². The van der Waals surface area contributed by atoms with Crippen LogP contribution in [0.3, 0.4) is 0 Å². The number of benzene rings is 1. The van der Waals surface area contributed by atoms with Gasteiger partial charge in [0.25, 0.3) is 5.91 Å². The van der Waals surface area contributed by atoms with Crippen molar-refractivity contribution in [2.45, 2.75) is 50.6 Å². The lowest BCUT2D eigenvalue weighted by Gasteiger charge is -2.30. The van der Waals surface area contributed by atoms with E-state index < -0.39 is 6.04 Å².